The van der Waals surface area contributed by atoms with Gasteiger partial charge in [-0.05, 0) is 81.0 Å². The lowest BCUT2D eigenvalue weighted by Gasteiger charge is -2.53. The molecule has 4 fully saturated rings. The van der Waals surface area contributed by atoms with Crippen LogP contribution in [0.1, 0.15) is 91.4 Å². The Hall–Kier alpha value is -1.61. The number of carbonyl (C=O) groups is 2. The normalized spacial score (nSPS) is 38.8. The number of nitriles is 1. The van der Waals surface area contributed by atoms with Crippen molar-refractivity contribution in [2.45, 2.75) is 110 Å². The second-order valence-corrected chi connectivity index (χ2v) is 12.2. The number of carbonyl (C=O) groups excluding carboxylic acids is 2. The molecule has 4 rings (SSSR count). The molecule has 2 N–H and O–H groups in total. The van der Waals surface area contributed by atoms with Gasteiger partial charge in [-0.15, -0.1) is 0 Å². The zero-order valence-corrected chi connectivity index (χ0v) is 20.8. The molecule has 6 unspecified atom stereocenters. The number of esters is 1. The van der Waals surface area contributed by atoms with E-state index < -0.39 is 0 Å². The van der Waals surface area contributed by atoms with E-state index in [9.17, 15) is 9.59 Å². The SMILES string of the molecule is CC(C)(C)C1CCC2NC3CCCCC3C(C(=O)OCC(=O)NC3CCC(C#N)CC3)C2C1. The van der Waals surface area contributed by atoms with Crippen molar-refractivity contribution in [1.29, 1.82) is 5.26 Å². The predicted octanol–water partition coefficient (Wildman–Crippen LogP) is 4.34. The number of nitrogens with zero attached hydrogens (tertiary/aromatic N) is 1. The second kappa shape index (κ2) is 10.3. The minimum Gasteiger partial charge on any atom is -0.455 e. The molecule has 1 amide bonds. The van der Waals surface area contributed by atoms with E-state index in [4.69, 9.17) is 10.00 Å². The van der Waals surface area contributed by atoms with Gasteiger partial charge in [-0.3, -0.25) is 9.59 Å². The standard InChI is InChI=1S/C27H43N3O3/c1-27(2,3)18-10-13-23-21(14-18)25(20-6-4-5-7-22(20)30-23)26(32)33-16-24(31)29-19-11-8-17(15-28)9-12-19/h17-23,25,30H,4-14,16H2,1-3H3,(H,29,31). The number of piperidine rings is 1. The summed E-state index contributed by atoms with van der Waals surface area (Å²) in [4.78, 5) is 26.0. The first-order chi connectivity index (χ1) is 15.8. The molecule has 0 aromatic carbocycles. The Morgan fingerprint density at radius 1 is 0.970 bits per heavy atom. The molecular weight excluding hydrogens is 414 g/mol. The number of amides is 1. The number of rotatable bonds is 4. The molecule has 6 heteroatoms. The number of nitrogens with one attached hydrogen (secondary N) is 2. The summed E-state index contributed by atoms with van der Waals surface area (Å²) in [5.41, 5.74) is 0.243. The van der Waals surface area contributed by atoms with Gasteiger partial charge < -0.3 is 15.4 Å². The molecule has 184 valence electrons. The highest BCUT2D eigenvalue weighted by molar-refractivity contribution is 5.81. The van der Waals surface area contributed by atoms with E-state index in [2.05, 4.69) is 37.5 Å². The topological polar surface area (TPSA) is 91.2 Å². The first-order valence-corrected chi connectivity index (χ1v) is 13.4. The third-order valence-electron chi connectivity index (χ3n) is 9.19. The van der Waals surface area contributed by atoms with Gasteiger partial charge in [-0.1, -0.05) is 33.6 Å². The largest absolute Gasteiger partial charge is 0.455 e. The molecule has 1 heterocycles. The summed E-state index contributed by atoms with van der Waals surface area (Å²) in [6, 6.07) is 3.22. The van der Waals surface area contributed by atoms with Crippen LogP contribution in [0.2, 0.25) is 0 Å². The van der Waals surface area contributed by atoms with Crippen LogP contribution in [0.4, 0.5) is 0 Å². The van der Waals surface area contributed by atoms with Gasteiger partial charge in [0.15, 0.2) is 6.61 Å². The fraction of sp³-hybridized carbons (Fsp3) is 0.889. The van der Waals surface area contributed by atoms with Gasteiger partial charge in [0, 0.05) is 24.0 Å². The van der Waals surface area contributed by atoms with Crippen LogP contribution in [0, 0.1) is 46.3 Å². The molecule has 0 bridgehead atoms. The molecule has 33 heavy (non-hydrogen) atoms. The Labute approximate surface area is 199 Å². The molecule has 0 aromatic heterocycles. The van der Waals surface area contributed by atoms with E-state index >= 15 is 0 Å². The first-order valence-electron chi connectivity index (χ1n) is 13.4. The summed E-state index contributed by atoms with van der Waals surface area (Å²) < 4.78 is 5.71. The van der Waals surface area contributed by atoms with E-state index in [0.717, 1.165) is 51.4 Å². The maximum absolute atomic E-state index is 13.5. The number of hydrogen-bond acceptors (Lipinski definition) is 5. The third-order valence-corrected chi connectivity index (χ3v) is 9.19. The quantitative estimate of drug-likeness (QED) is 0.613. The van der Waals surface area contributed by atoms with Gasteiger partial charge in [0.1, 0.15) is 0 Å². The van der Waals surface area contributed by atoms with Crippen molar-refractivity contribution in [2.75, 3.05) is 6.61 Å². The summed E-state index contributed by atoms with van der Waals surface area (Å²) in [5, 5.41) is 16.0. The maximum atomic E-state index is 13.5. The summed E-state index contributed by atoms with van der Waals surface area (Å²) >= 11 is 0. The van der Waals surface area contributed by atoms with Crippen molar-refractivity contribution >= 4 is 11.9 Å². The molecule has 6 nitrogen and oxygen atoms in total. The van der Waals surface area contributed by atoms with Crippen molar-refractivity contribution in [3.05, 3.63) is 0 Å². The Morgan fingerprint density at radius 2 is 1.67 bits per heavy atom. The van der Waals surface area contributed by atoms with Crippen molar-refractivity contribution in [3.8, 4) is 6.07 Å². The molecule has 0 aromatic rings. The monoisotopic (exact) mass is 457 g/mol. The lowest BCUT2D eigenvalue weighted by Crippen LogP contribution is -2.61. The highest BCUT2D eigenvalue weighted by Crippen LogP contribution is 2.49. The van der Waals surface area contributed by atoms with Crippen molar-refractivity contribution in [3.63, 3.8) is 0 Å². The third kappa shape index (κ3) is 5.73. The van der Waals surface area contributed by atoms with Crippen LogP contribution in [0.5, 0.6) is 0 Å². The second-order valence-electron chi connectivity index (χ2n) is 12.2. The van der Waals surface area contributed by atoms with Crippen molar-refractivity contribution in [1.82, 2.24) is 10.6 Å². The van der Waals surface area contributed by atoms with Crippen LogP contribution in [0.15, 0.2) is 0 Å². The molecule has 3 aliphatic carbocycles. The smallest absolute Gasteiger partial charge is 0.310 e. The summed E-state index contributed by atoms with van der Waals surface area (Å²) in [7, 11) is 0. The Bertz CT molecular complexity index is 747. The zero-order valence-electron chi connectivity index (χ0n) is 20.8. The van der Waals surface area contributed by atoms with Crippen LogP contribution in [0.25, 0.3) is 0 Å². The lowest BCUT2D eigenvalue weighted by atomic mass is 9.58. The van der Waals surface area contributed by atoms with E-state index in [1.165, 1.54) is 19.3 Å². The first kappa shape index (κ1) is 24.5. The molecule has 0 spiro atoms. The van der Waals surface area contributed by atoms with Crippen LogP contribution < -0.4 is 10.6 Å². The minimum absolute atomic E-state index is 0.0921. The summed E-state index contributed by atoms with van der Waals surface area (Å²) in [5.74, 6) is 0.912. The average Bonchev–Trinajstić information content (AvgIpc) is 2.80. The molecule has 1 aliphatic heterocycles. The van der Waals surface area contributed by atoms with Gasteiger partial charge in [0.05, 0.1) is 12.0 Å². The van der Waals surface area contributed by atoms with E-state index in [0.29, 0.717) is 29.8 Å². The fourth-order valence-electron chi connectivity index (χ4n) is 7.20. The Morgan fingerprint density at radius 3 is 2.36 bits per heavy atom. The van der Waals surface area contributed by atoms with Gasteiger partial charge in [-0.25, -0.2) is 0 Å². The lowest BCUT2D eigenvalue weighted by molar-refractivity contribution is -0.162. The van der Waals surface area contributed by atoms with Crippen LogP contribution in [0.3, 0.4) is 0 Å². The molecule has 6 atom stereocenters. The van der Waals surface area contributed by atoms with Gasteiger partial charge in [0.25, 0.3) is 5.91 Å². The average molecular weight is 458 g/mol. The van der Waals surface area contributed by atoms with Crippen LogP contribution in [-0.4, -0.2) is 36.6 Å². The molecule has 4 aliphatic rings. The van der Waals surface area contributed by atoms with E-state index in [1.54, 1.807) is 0 Å². The summed E-state index contributed by atoms with van der Waals surface area (Å²) in [6.45, 7) is 6.77. The van der Waals surface area contributed by atoms with Gasteiger partial charge in [-0.2, -0.15) is 5.26 Å². The van der Waals surface area contributed by atoms with E-state index in [-0.39, 0.29) is 41.8 Å². The van der Waals surface area contributed by atoms with Crippen LogP contribution >= 0.6 is 0 Å². The summed E-state index contributed by atoms with van der Waals surface area (Å²) in [6.07, 6.45) is 11.4. The molecule has 3 saturated carbocycles. The number of ether oxygens (including phenoxy) is 1. The predicted molar refractivity (Wildman–Crippen MR) is 127 cm³/mol. The molecule has 1 saturated heterocycles. The minimum atomic E-state index is -0.203. The Kier molecular flexibility index (Phi) is 7.68. The Balaban J connectivity index is 1.38. The highest BCUT2D eigenvalue weighted by Gasteiger charge is 2.51. The fourth-order valence-corrected chi connectivity index (χ4v) is 7.20. The number of fused-ring (bicyclic) bond motifs is 2. The maximum Gasteiger partial charge on any atom is 0.310 e. The number of hydrogen-bond donors (Lipinski definition) is 2. The highest BCUT2D eigenvalue weighted by atomic mass is 16.5. The van der Waals surface area contributed by atoms with Gasteiger partial charge >= 0.3 is 5.97 Å². The van der Waals surface area contributed by atoms with Crippen molar-refractivity contribution in [2.24, 2.45) is 35.0 Å². The van der Waals surface area contributed by atoms with Crippen molar-refractivity contribution < 1.29 is 14.3 Å². The zero-order chi connectivity index (χ0) is 23.6. The van der Waals surface area contributed by atoms with E-state index in [1.807, 2.05) is 0 Å². The van der Waals surface area contributed by atoms with Crippen LogP contribution in [-0.2, 0) is 14.3 Å². The molecule has 0 radical (unpaired) electrons. The van der Waals surface area contributed by atoms with Gasteiger partial charge in [0.2, 0.25) is 0 Å². The molecular formula is C27H43N3O3.